The molecule has 84 valence electrons. The Morgan fingerprint density at radius 2 is 2.44 bits per heavy atom. The van der Waals surface area contributed by atoms with Gasteiger partial charge in [-0.25, -0.2) is 0 Å². The smallest absolute Gasteiger partial charge is 0.121 e. The minimum Gasteiger partial charge on any atom is -0.491 e. The van der Waals surface area contributed by atoms with Crippen molar-refractivity contribution in [1.82, 2.24) is 0 Å². The van der Waals surface area contributed by atoms with E-state index in [1.807, 2.05) is 6.07 Å². The van der Waals surface area contributed by atoms with Crippen LogP contribution in [0.25, 0.3) is 0 Å². The van der Waals surface area contributed by atoms with E-state index in [0.29, 0.717) is 22.9 Å². The topological polar surface area (TPSA) is 42.2 Å². The summed E-state index contributed by atoms with van der Waals surface area (Å²) >= 11 is 5.89. The second-order valence-corrected chi connectivity index (χ2v) is 4.11. The van der Waals surface area contributed by atoms with E-state index in [1.54, 1.807) is 18.2 Å². The molecule has 1 aliphatic rings. The number of nitrogens with zero attached hydrogens (tertiary/aromatic N) is 1. The third kappa shape index (κ3) is 2.66. The van der Waals surface area contributed by atoms with Crippen molar-refractivity contribution in [2.75, 3.05) is 13.2 Å². The molecule has 1 heterocycles. The molecule has 0 spiro atoms. The summed E-state index contributed by atoms with van der Waals surface area (Å²) in [4.78, 5) is 0. The van der Waals surface area contributed by atoms with Gasteiger partial charge in [-0.05, 0) is 25.0 Å². The molecule has 1 aliphatic heterocycles. The van der Waals surface area contributed by atoms with Crippen LogP contribution in [0, 0.1) is 11.3 Å². The molecule has 1 unspecified atom stereocenters. The van der Waals surface area contributed by atoms with Gasteiger partial charge in [0.2, 0.25) is 0 Å². The van der Waals surface area contributed by atoms with E-state index in [9.17, 15) is 0 Å². The van der Waals surface area contributed by atoms with Crippen LogP contribution in [0.3, 0.4) is 0 Å². The van der Waals surface area contributed by atoms with E-state index in [0.717, 1.165) is 19.4 Å². The van der Waals surface area contributed by atoms with Crippen LogP contribution in [0.1, 0.15) is 18.4 Å². The average Bonchev–Trinajstić information content (AvgIpc) is 2.79. The van der Waals surface area contributed by atoms with Gasteiger partial charge in [0.15, 0.2) is 0 Å². The van der Waals surface area contributed by atoms with Crippen LogP contribution in [0.5, 0.6) is 5.75 Å². The zero-order valence-electron chi connectivity index (χ0n) is 8.78. The second-order valence-electron chi connectivity index (χ2n) is 3.70. The van der Waals surface area contributed by atoms with Gasteiger partial charge >= 0.3 is 0 Å². The molecule has 0 aliphatic carbocycles. The molecule has 16 heavy (non-hydrogen) atoms. The molecule has 4 heteroatoms. The summed E-state index contributed by atoms with van der Waals surface area (Å²) in [7, 11) is 0. The van der Waals surface area contributed by atoms with E-state index < -0.39 is 0 Å². The first kappa shape index (κ1) is 11.3. The van der Waals surface area contributed by atoms with Gasteiger partial charge in [-0.2, -0.15) is 5.26 Å². The Labute approximate surface area is 99.5 Å². The third-order valence-electron chi connectivity index (χ3n) is 2.52. The summed E-state index contributed by atoms with van der Waals surface area (Å²) in [5, 5.41) is 9.14. The summed E-state index contributed by atoms with van der Waals surface area (Å²) in [5.41, 5.74) is 0.464. The van der Waals surface area contributed by atoms with Gasteiger partial charge in [-0.1, -0.05) is 11.6 Å². The van der Waals surface area contributed by atoms with E-state index in [2.05, 4.69) is 0 Å². The lowest BCUT2D eigenvalue weighted by atomic mass is 10.2. The van der Waals surface area contributed by atoms with Crippen LogP contribution in [0.15, 0.2) is 18.2 Å². The van der Waals surface area contributed by atoms with E-state index in [-0.39, 0.29) is 6.10 Å². The lowest BCUT2D eigenvalue weighted by Crippen LogP contribution is -2.16. The Balaban J connectivity index is 1.94. The number of hydrogen-bond donors (Lipinski definition) is 0. The number of ether oxygens (including phenoxy) is 2. The highest BCUT2D eigenvalue weighted by molar-refractivity contribution is 6.31. The van der Waals surface area contributed by atoms with Gasteiger partial charge in [0.1, 0.15) is 18.4 Å². The van der Waals surface area contributed by atoms with Crippen molar-refractivity contribution in [3.05, 3.63) is 28.8 Å². The predicted octanol–water partition coefficient (Wildman–Crippen LogP) is 2.77. The van der Waals surface area contributed by atoms with Crippen molar-refractivity contribution in [1.29, 1.82) is 5.26 Å². The van der Waals surface area contributed by atoms with Crippen LogP contribution in [0.2, 0.25) is 5.02 Å². The van der Waals surface area contributed by atoms with Gasteiger partial charge in [-0.3, -0.25) is 0 Å². The van der Waals surface area contributed by atoms with Crippen molar-refractivity contribution >= 4 is 11.6 Å². The Bertz CT molecular complexity index is 408. The third-order valence-corrected chi connectivity index (χ3v) is 2.83. The molecule has 0 N–H and O–H groups in total. The number of benzene rings is 1. The molecule has 0 saturated carbocycles. The number of halogens is 1. The molecular formula is C12H12ClNO2. The maximum absolute atomic E-state index is 8.72. The Morgan fingerprint density at radius 1 is 1.56 bits per heavy atom. The van der Waals surface area contributed by atoms with Crippen molar-refractivity contribution < 1.29 is 9.47 Å². The molecule has 0 amide bonds. The fourth-order valence-corrected chi connectivity index (χ4v) is 1.85. The lowest BCUT2D eigenvalue weighted by molar-refractivity contribution is 0.0679. The summed E-state index contributed by atoms with van der Waals surface area (Å²) in [6.45, 7) is 1.37. The van der Waals surface area contributed by atoms with E-state index >= 15 is 0 Å². The molecular weight excluding hydrogens is 226 g/mol. The Morgan fingerprint density at radius 3 is 3.06 bits per heavy atom. The first-order valence-corrected chi connectivity index (χ1v) is 5.61. The maximum atomic E-state index is 8.72. The average molecular weight is 238 g/mol. The van der Waals surface area contributed by atoms with Crippen LogP contribution < -0.4 is 4.74 Å². The molecule has 1 fully saturated rings. The minimum absolute atomic E-state index is 0.189. The van der Waals surface area contributed by atoms with Crippen LogP contribution in [-0.4, -0.2) is 19.3 Å². The summed E-state index contributed by atoms with van der Waals surface area (Å²) in [6, 6.07) is 7.08. The number of nitriles is 1. The monoisotopic (exact) mass is 237 g/mol. The highest BCUT2D eigenvalue weighted by atomic mass is 35.5. The molecule has 2 rings (SSSR count). The molecule has 1 aromatic carbocycles. The number of hydrogen-bond acceptors (Lipinski definition) is 3. The molecule has 1 saturated heterocycles. The second kappa shape index (κ2) is 5.20. The van der Waals surface area contributed by atoms with Crippen molar-refractivity contribution in [3.63, 3.8) is 0 Å². The normalized spacial score (nSPS) is 19.4. The minimum atomic E-state index is 0.189. The molecule has 1 aromatic rings. The quantitative estimate of drug-likeness (QED) is 0.812. The van der Waals surface area contributed by atoms with E-state index in [1.165, 1.54) is 0 Å². The van der Waals surface area contributed by atoms with Crippen LogP contribution in [0.4, 0.5) is 0 Å². The Hall–Kier alpha value is -1.24. The van der Waals surface area contributed by atoms with Crippen LogP contribution in [-0.2, 0) is 4.74 Å². The summed E-state index contributed by atoms with van der Waals surface area (Å²) in [6.07, 6.45) is 2.33. The lowest BCUT2D eigenvalue weighted by Gasteiger charge is -2.11. The number of rotatable bonds is 3. The van der Waals surface area contributed by atoms with Gasteiger partial charge < -0.3 is 9.47 Å². The summed E-state index contributed by atoms with van der Waals surface area (Å²) < 4.78 is 11.0. The molecule has 1 atom stereocenters. The van der Waals surface area contributed by atoms with Gasteiger partial charge in [0, 0.05) is 12.7 Å². The summed E-state index contributed by atoms with van der Waals surface area (Å²) in [5.74, 6) is 0.680. The highest BCUT2D eigenvalue weighted by Gasteiger charge is 2.16. The predicted molar refractivity (Wildman–Crippen MR) is 60.6 cm³/mol. The fraction of sp³-hybridized carbons (Fsp3) is 0.417. The van der Waals surface area contributed by atoms with Crippen molar-refractivity contribution in [3.8, 4) is 11.8 Å². The van der Waals surface area contributed by atoms with Crippen LogP contribution >= 0.6 is 11.6 Å². The zero-order chi connectivity index (χ0) is 11.4. The van der Waals surface area contributed by atoms with Gasteiger partial charge in [-0.15, -0.1) is 0 Å². The first-order valence-electron chi connectivity index (χ1n) is 5.23. The largest absolute Gasteiger partial charge is 0.491 e. The van der Waals surface area contributed by atoms with E-state index in [4.69, 9.17) is 26.3 Å². The van der Waals surface area contributed by atoms with Gasteiger partial charge in [0.05, 0.1) is 16.7 Å². The molecule has 0 radical (unpaired) electrons. The van der Waals surface area contributed by atoms with Gasteiger partial charge in [0.25, 0.3) is 0 Å². The molecule has 0 bridgehead atoms. The standard InChI is InChI=1S/C12H12ClNO2/c13-12-6-10(4-3-9(12)7-14)16-8-11-2-1-5-15-11/h3-4,6,11H,1-2,5,8H2. The SMILES string of the molecule is N#Cc1ccc(OCC2CCCO2)cc1Cl. The molecule has 0 aromatic heterocycles. The molecule has 3 nitrogen and oxygen atoms in total. The first-order chi connectivity index (χ1) is 7.79. The highest BCUT2D eigenvalue weighted by Crippen LogP contribution is 2.22. The Kier molecular flexibility index (Phi) is 3.66. The fourth-order valence-electron chi connectivity index (χ4n) is 1.64. The van der Waals surface area contributed by atoms with Crippen molar-refractivity contribution in [2.45, 2.75) is 18.9 Å². The van der Waals surface area contributed by atoms with Crippen molar-refractivity contribution in [2.24, 2.45) is 0 Å². The zero-order valence-corrected chi connectivity index (χ0v) is 9.54. The maximum Gasteiger partial charge on any atom is 0.121 e.